The number of hydrogen-bond donors (Lipinski definition) is 0. The van der Waals surface area contributed by atoms with Crippen molar-refractivity contribution >= 4 is 5.97 Å². The van der Waals surface area contributed by atoms with Gasteiger partial charge in [-0.05, 0) is 18.3 Å². The molecule has 1 fully saturated rings. The summed E-state index contributed by atoms with van der Waals surface area (Å²) in [6, 6.07) is 0. The summed E-state index contributed by atoms with van der Waals surface area (Å²) >= 11 is 0. The van der Waals surface area contributed by atoms with Crippen LogP contribution in [0.3, 0.4) is 0 Å². The Morgan fingerprint density at radius 3 is 2.43 bits per heavy atom. The van der Waals surface area contributed by atoms with Gasteiger partial charge < -0.3 is 4.74 Å². The second kappa shape index (κ2) is 4.78. The summed E-state index contributed by atoms with van der Waals surface area (Å²) in [5.74, 6) is 0.0599. The summed E-state index contributed by atoms with van der Waals surface area (Å²) in [6.45, 7) is 8.34. The van der Waals surface area contributed by atoms with Crippen LogP contribution in [-0.2, 0) is 9.53 Å². The Labute approximate surface area is 86.2 Å². The normalized spacial score (nSPS) is 19.4. The molecule has 81 valence electrons. The number of carbonyl (C=O) groups is 1. The molecule has 1 rings (SSSR count). The van der Waals surface area contributed by atoms with Gasteiger partial charge in [-0.2, -0.15) is 0 Å². The van der Waals surface area contributed by atoms with Gasteiger partial charge in [-0.15, -0.1) is 0 Å². The standard InChI is InChI=1S/C11H20NO2/c1-11(2,3)8-14-10(13)9-4-6-12-7-5-9/h9H,4-8H2,1-3H3. The van der Waals surface area contributed by atoms with E-state index in [1.807, 2.05) is 0 Å². The Kier molecular flexibility index (Phi) is 3.93. The van der Waals surface area contributed by atoms with Gasteiger partial charge in [0.05, 0.1) is 12.5 Å². The summed E-state index contributed by atoms with van der Waals surface area (Å²) in [5, 5.41) is 4.21. The molecular formula is C11H20NO2. The molecule has 0 spiro atoms. The number of hydrogen-bond acceptors (Lipinski definition) is 2. The molecule has 1 radical (unpaired) electrons. The fourth-order valence-corrected chi connectivity index (χ4v) is 1.39. The predicted octanol–water partition coefficient (Wildman–Crippen LogP) is 1.59. The lowest BCUT2D eigenvalue weighted by molar-refractivity contribution is -0.152. The van der Waals surface area contributed by atoms with Gasteiger partial charge >= 0.3 is 5.97 Å². The van der Waals surface area contributed by atoms with Crippen molar-refractivity contribution in [3.63, 3.8) is 0 Å². The quantitative estimate of drug-likeness (QED) is 0.632. The van der Waals surface area contributed by atoms with Crippen molar-refractivity contribution in [1.29, 1.82) is 0 Å². The smallest absolute Gasteiger partial charge is 0.309 e. The molecule has 0 aromatic carbocycles. The van der Waals surface area contributed by atoms with Crippen LogP contribution in [-0.4, -0.2) is 25.7 Å². The van der Waals surface area contributed by atoms with Gasteiger partial charge in [0.1, 0.15) is 0 Å². The van der Waals surface area contributed by atoms with E-state index in [0.717, 1.165) is 25.9 Å². The molecule has 3 heteroatoms. The minimum absolute atomic E-state index is 0.0326. The molecule has 1 heterocycles. The van der Waals surface area contributed by atoms with Crippen molar-refractivity contribution in [2.24, 2.45) is 11.3 Å². The first kappa shape index (κ1) is 11.5. The lowest BCUT2D eigenvalue weighted by atomic mass is 9.97. The predicted molar refractivity (Wildman–Crippen MR) is 55.0 cm³/mol. The van der Waals surface area contributed by atoms with Crippen molar-refractivity contribution in [2.45, 2.75) is 33.6 Å². The zero-order chi connectivity index (χ0) is 10.6. The third-order valence-corrected chi connectivity index (χ3v) is 2.25. The minimum Gasteiger partial charge on any atom is -0.465 e. The van der Waals surface area contributed by atoms with Gasteiger partial charge in [0.25, 0.3) is 0 Å². The summed E-state index contributed by atoms with van der Waals surface area (Å²) in [4.78, 5) is 11.6. The summed E-state index contributed by atoms with van der Waals surface area (Å²) < 4.78 is 5.27. The van der Waals surface area contributed by atoms with Gasteiger partial charge in [0, 0.05) is 13.1 Å². The van der Waals surface area contributed by atoms with Crippen LogP contribution in [0.5, 0.6) is 0 Å². The molecule has 0 N–H and O–H groups in total. The molecule has 1 aliphatic rings. The van der Waals surface area contributed by atoms with Crippen LogP contribution in [0, 0.1) is 11.3 Å². The maximum atomic E-state index is 11.6. The van der Waals surface area contributed by atoms with Crippen LogP contribution < -0.4 is 5.32 Å². The van der Waals surface area contributed by atoms with E-state index in [-0.39, 0.29) is 17.3 Å². The fourth-order valence-electron chi connectivity index (χ4n) is 1.39. The topological polar surface area (TPSA) is 40.4 Å². The molecule has 0 saturated carbocycles. The SMILES string of the molecule is CC(C)(C)COC(=O)C1CC[N]CC1. The molecule has 0 bridgehead atoms. The molecule has 0 aromatic heterocycles. The monoisotopic (exact) mass is 198 g/mol. The van der Waals surface area contributed by atoms with Crippen LogP contribution >= 0.6 is 0 Å². The van der Waals surface area contributed by atoms with E-state index in [1.54, 1.807) is 0 Å². The Hall–Kier alpha value is -0.570. The van der Waals surface area contributed by atoms with Crippen LogP contribution in [0.4, 0.5) is 0 Å². The third-order valence-electron chi connectivity index (χ3n) is 2.25. The first-order valence-corrected chi connectivity index (χ1v) is 5.29. The molecule has 1 saturated heterocycles. The maximum absolute atomic E-state index is 11.6. The van der Waals surface area contributed by atoms with E-state index in [0.29, 0.717) is 6.61 Å². The third kappa shape index (κ3) is 4.09. The molecule has 3 nitrogen and oxygen atoms in total. The van der Waals surface area contributed by atoms with E-state index >= 15 is 0 Å². The van der Waals surface area contributed by atoms with E-state index in [2.05, 4.69) is 26.1 Å². The molecular weight excluding hydrogens is 178 g/mol. The molecule has 0 unspecified atom stereocenters. The first-order chi connectivity index (χ1) is 6.49. The van der Waals surface area contributed by atoms with Gasteiger partial charge in [0.15, 0.2) is 0 Å². The van der Waals surface area contributed by atoms with Gasteiger partial charge in [-0.3, -0.25) is 4.79 Å². The highest BCUT2D eigenvalue weighted by Gasteiger charge is 2.24. The summed E-state index contributed by atoms with van der Waals surface area (Å²) in [6.07, 6.45) is 1.73. The molecule has 0 aromatic rings. The molecule has 1 aliphatic heterocycles. The lowest BCUT2D eigenvalue weighted by Gasteiger charge is -2.23. The number of carbonyl (C=O) groups excluding carboxylic acids is 1. The Morgan fingerprint density at radius 2 is 1.93 bits per heavy atom. The summed E-state index contributed by atoms with van der Waals surface area (Å²) in [5.41, 5.74) is 0.0642. The van der Waals surface area contributed by atoms with E-state index in [9.17, 15) is 4.79 Å². The second-order valence-corrected chi connectivity index (χ2v) is 5.11. The van der Waals surface area contributed by atoms with Gasteiger partial charge in [0.2, 0.25) is 0 Å². The van der Waals surface area contributed by atoms with Crippen LogP contribution in [0.2, 0.25) is 0 Å². The number of ether oxygens (including phenoxy) is 1. The fraction of sp³-hybridized carbons (Fsp3) is 0.909. The average molecular weight is 198 g/mol. The highest BCUT2D eigenvalue weighted by molar-refractivity contribution is 5.72. The van der Waals surface area contributed by atoms with E-state index in [4.69, 9.17) is 4.74 Å². The van der Waals surface area contributed by atoms with E-state index < -0.39 is 0 Å². The molecule has 0 aliphatic carbocycles. The lowest BCUT2D eigenvalue weighted by Crippen LogP contribution is -2.30. The molecule has 0 amide bonds. The zero-order valence-electron chi connectivity index (χ0n) is 9.38. The number of rotatable bonds is 2. The van der Waals surface area contributed by atoms with Crippen molar-refractivity contribution in [2.75, 3.05) is 19.7 Å². The number of piperidine rings is 1. The maximum Gasteiger partial charge on any atom is 0.309 e. The summed E-state index contributed by atoms with van der Waals surface area (Å²) in [7, 11) is 0. The van der Waals surface area contributed by atoms with Crippen LogP contribution in [0.15, 0.2) is 0 Å². The highest BCUT2D eigenvalue weighted by atomic mass is 16.5. The Balaban J connectivity index is 2.27. The van der Waals surface area contributed by atoms with Gasteiger partial charge in [-0.1, -0.05) is 20.8 Å². The van der Waals surface area contributed by atoms with Crippen LogP contribution in [0.1, 0.15) is 33.6 Å². The minimum atomic E-state index is -0.0326. The number of nitrogens with zero attached hydrogens (tertiary/aromatic N) is 1. The Bertz CT molecular complexity index is 190. The second-order valence-electron chi connectivity index (χ2n) is 5.11. The van der Waals surface area contributed by atoms with Gasteiger partial charge in [-0.25, -0.2) is 5.32 Å². The molecule has 14 heavy (non-hydrogen) atoms. The van der Waals surface area contributed by atoms with Crippen LogP contribution in [0.25, 0.3) is 0 Å². The first-order valence-electron chi connectivity index (χ1n) is 5.29. The zero-order valence-corrected chi connectivity index (χ0v) is 9.38. The average Bonchev–Trinajstić information content (AvgIpc) is 2.14. The van der Waals surface area contributed by atoms with Crippen molar-refractivity contribution in [1.82, 2.24) is 5.32 Å². The van der Waals surface area contributed by atoms with Crippen molar-refractivity contribution in [3.8, 4) is 0 Å². The largest absolute Gasteiger partial charge is 0.465 e. The van der Waals surface area contributed by atoms with E-state index in [1.165, 1.54) is 0 Å². The molecule has 0 atom stereocenters. The highest BCUT2D eigenvalue weighted by Crippen LogP contribution is 2.18. The Morgan fingerprint density at radius 1 is 1.36 bits per heavy atom. The van der Waals surface area contributed by atoms with Crippen molar-refractivity contribution < 1.29 is 9.53 Å². The van der Waals surface area contributed by atoms with Crippen molar-refractivity contribution in [3.05, 3.63) is 0 Å². The number of esters is 1.